The molecule has 4 rings (SSSR count). The molecule has 2 unspecified atom stereocenters. The third-order valence-corrected chi connectivity index (χ3v) is 4.38. The Morgan fingerprint density at radius 1 is 1.05 bits per heavy atom. The van der Waals surface area contributed by atoms with Crippen molar-refractivity contribution >= 4 is 21.5 Å². The van der Waals surface area contributed by atoms with Gasteiger partial charge in [-0.2, -0.15) is 0 Å². The van der Waals surface area contributed by atoms with Crippen LogP contribution < -0.4 is 0 Å². The zero-order valence-corrected chi connectivity index (χ0v) is 12.8. The van der Waals surface area contributed by atoms with Crippen LogP contribution in [0.5, 0.6) is 0 Å². The van der Waals surface area contributed by atoms with E-state index in [0.29, 0.717) is 12.7 Å². The SMILES string of the molecule is CCC(OCC1CO1)c1cccc2cc3ccccc3cc12. The second-order valence-electron chi connectivity index (χ2n) is 5.95. The Hall–Kier alpha value is -1.90. The van der Waals surface area contributed by atoms with Crippen molar-refractivity contribution in [3.05, 3.63) is 60.2 Å². The third kappa shape index (κ3) is 2.60. The molecule has 0 bridgehead atoms. The largest absolute Gasteiger partial charge is 0.371 e. The second kappa shape index (κ2) is 5.71. The Morgan fingerprint density at radius 2 is 1.77 bits per heavy atom. The van der Waals surface area contributed by atoms with Crippen molar-refractivity contribution in [3.63, 3.8) is 0 Å². The number of ether oxygens (including phenoxy) is 2. The number of fused-ring (bicyclic) bond motifs is 2. The van der Waals surface area contributed by atoms with E-state index in [2.05, 4.69) is 61.5 Å². The minimum Gasteiger partial charge on any atom is -0.371 e. The monoisotopic (exact) mass is 292 g/mol. The van der Waals surface area contributed by atoms with Gasteiger partial charge in [-0.3, -0.25) is 0 Å². The Bertz CT molecular complexity index is 805. The van der Waals surface area contributed by atoms with Gasteiger partial charge in [0.25, 0.3) is 0 Å². The van der Waals surface area contributed by atoms with Crippen LogP contribution in [0.4, 0.5) is 0 Å². The highest BCUT2D eigenvalue weighted by Crippen LogP contribution is 2.32. The summed E-state index contributed by atoms with van der Waals surface area (Å²) in [5.74, 6) is 0. The van der Waals surface area contributed by atoms with Crippen LogP contribution in [0.3, 0.4) is 0 Å². The summed E-state index contributed by atoms with van der Waals surface area (Å²) in [6.45, 7) is 3.72. The molecule has 0 aliphatic carbocycles. The molecule has 112 valence electrons. The maximum absolute atomic E-state index is 6.10. The average Bonchev–Trinajstić information content (AvgIpc) is 3.38. The van der Waals surface area contributed by atoms with Crippen LogP contribution in [0.15, 0.2) is 54.6 Å². The summed E-state index contributed by atoms with van der Waals surface area (Å²) in [4.78, 5) is 0. The average molecular weight is 292 g/mol. The van der Waals surface area contributed by atoms with Gasteiger partial charge < -0.3 is 9.47 Å². The smallest absolute Gasteiger partial charge is 0.104 e. The first-order chi connectivity index (χ1) is 10.8. The van der Waals surface area contributed by atoms with Crippen LogP contribution >= 0.6 is 0 Å². The summed E-state index contributed by atoms with van der Waals surface area (Å²) < 4.78 is 11.4. The predicted octanol–water partition coefficient (Wildman–Crippen LogP) is 4.86. The van der Waals surface area contributed by atoms with Gasteiger partial charge >= 0.3 is 0 Å². The van der Waals surface area contributed by atoms with Crippen LogP contribution in [0, 0.1) is 0 Å². The number of hydrogen-bond donors (Lipinski definition) is 0. The number of rotatable bonds is 5. The molecule has 0 amide bonds. The molecule has 0 aromatic heterocycles. The van der Waals surface area contributed by atoms with Crippen LogP contribution in [0.1, 0.15) is 25.0 Å². The molecule has 3 aromatic rings. The maximum Gasteiger partial charge on any atom is 0.104 e. The summed E-state index contributed by atoms with van der Waals surface area (Å²) in [6.07, 6.45) is 1.41. The van der Waals surface area contributed by atoms with Gasteiger partial charge in [0.2, 0.25) is 0 Å². The molecule has 0 radical (unpaired) electrons. The lowest BCUT2D eigenvalue weighted by Crippen LogP contribution is -2.08. The molecule has 1 aliphatic rings. The molecule has 2 heteroatoms. The van der Waals surface area contributed by atoms with Crippen molar-refractivity contribution in [1.82, 2.24) is 0 Å². The summed E-state index contributed by atoms with van der Waals surface area (Å²) in [5, 5.41) is 5.14. The van der Waals surface area contributed by atoms with Crippen molar-refractivity contribution in [2.75, 3.05) is 13.2 Å². The minimum atomic E-state index is 0.133. The Labute approximate surface area is 130 Å². The zero-order chi connectivity index (χ0) is 14.9. The molecule has 2 nitrogen and oxygen atoms in total. The van der Waals surface area contributed by atoms with Gasteiger partial charge in [-0.15, -0.1) is 0 Å². The quantitative estimate of drug-likeness (QED) is 0.495. The predicted molar refractivity (Wildman–Crippen MR) is 90.2 cm³/mol. The highest BCUT2D eigenvalue weighted by atomic mass is 16.6. The molecule has 0 saturated carbocycles. The van der Waals surface area contributed by atoms with E-state index >= 15 is 0 Å². The van der Waals surface area contributed by atoms with Crippen LogP contribution in [0.2, 0.25) is 0 Å². The van der Waals surface area contributed by atoms with E-state index in [0.717, 1.165) is 13.0 Å². The first kappa shape index (κ1) is 13.7. The van der Waals surface area contributed by atoms with Gasteiger partial charge in [0, 0.05) is 0 Å². The van der Waals surface area contributed by atoms with Gasteiger partial charge in [0.05, 0.1) is 19.3 Å². The highest BCUT2D eigenvalue weighted by molar-refractivity contribution is 5.99. The third-order valence-electron chi connectivity index (χ3n) is 4.38. The first-order valence-corrected chi connectivity index (χ1v) is 8.00. The van der Waals surface area contributed by atoms with Gasteiger partial charge in [0.15, 0.2) is 0 Å². The minimum absolute atomic E-state index is 0.133. The van der Waals surface area contributed by atoms with Crippen molar-refractivity contribution in [2.24, 2.45) is 0 Å². The molecule has 1 fully saturated rings. The fraction of sp³-hybridized carbons (Fsp3) is 0.300. The van der Waals surface area contributed by atoms with E-state index in [9.17, 15) is 0 Å². The molecule has 22 heavy (non-hydrogen) atoms. The van der Waals surface area contributed by atoms with Gasteiger partial charge in [0.1, 0.15) is 6.10 Å². The lowest BCUT2D eigenvalue weighted by Gasteiger charge is -2.18. The molecule has 1 aliphatic heterocycles. The van der Waals surface area contributed by atoms with Crippen molar-refractivity contribution < 1.29 is 9.47 Å². The van der Waals surface area contributed by atoms with Gasteiger partial charge in [-0.25, -0.2) is 0 Å². The summed E-state index contributed by atoms with van der Waals surface area (Å²) in [6, 6.07) is 19.6. The van der Waals surface area contributed by atoms with Crippen LogP contribution in [0.25, 0.3) is 21.5 Å². The van der Waals surface area contributed by atoms with E-state index < -0.39 is 0 Å². The highest BCUT2D eigenvalue weighted by Gasteiger charge is 2.24. The van der Waals surface area contributed by atoms with Crippen molar-refractivity contribution in [2.45, 2.75) is 25.6 Å². The molecule has 2 atom stereocenters. The Balaban J connectivity index is 1.79. The summed E-state index contributed by atoms with van der Waals surface area (Å²) >= 11 is 0. The number of benzene rings is 3. The van der Waals surface area contributed by atoms with E-state index in [1.807, 2.05) is 0 Å². The fourth-order valence-corrected chi connectivity index (χ4v) is 3.09. The van der Waals surface area contributed by atoms with E-state index in [1.54, 1.807) is 0 Å². The molecule has 0 spiro atoms. The second-order valence-corrected chi connectivity index (χ2v) is 5.95. The Kier molecular flexibility index (Phi) is 3.57. The van der Waals surface area contributed by atoms with Crippen LogP contribution in [-0.4, -0.2) is 19.3 Å². The van der Waals surface area contributed by atoms with Crippen LogP contribution in [-0.2, 0) is 9.47 Å². The Morgan fingerprint density at radius 3 is 2.50 bits per heavy atom. The topological polar surface area (TPSA) is 21.8 Å². The van der Waals surface area contributed by atoms with E-state index in [4.69, 9.17) is 9.47 Å². The number of hydrogen-bond acceptors (Lipinski definition) is 2. The van der Waals surface area contributed by atoms with Crippen molar-refractivity contribution in [3.8, 4) is 0 Å². The molecular weight excluding hydrogens is 272 g/mol. The molecule has 0 N–H and O–H groups in total. The zero-order valence-electron chi connectivity index (χ0n) is 12.8. The number of epoxide rings is 1. The van der Waals surface area contributed by atoms with E-state index in [-0.39, 0.29) is 6.10 Å². The van der Waals surface area contributed by atoms with E-state index in [1.165, 1.54) is 27.1 Å². The standard InChI is InChI=1S/C20H20O2/c1-2-20(22-13-17-12-21-17)18-9-5-8-16-10-14-6-3-4-7-15(14)11-19(16)18/h3-11,17,20H,2,12-13H2,1H3. The van der Waals surface area contributed by atoms with Gasteiger partial charge in [-0.05, 0) is 45.7 Å². The fourth-order valence-electron chi connectivity index (χ4n) is 3.09. The summed E-state index contributed by atoms with van der Waals surface area (Å²) in [7, 11) is 0. The molecular formula is C20H20O2. The molecule has 1 heterocycles. The lowest BCUT2D eigenvalue weighted by atomic mass is 9.96. The summed E-state index contributed by atoms with van der Waals surface area (Å²) in [5.41, 5.74) is 1.28. The van der Waals surface area contributed by atoms with Gasteiger partial charge in [-0.1, -0.05) is 49.4 Å². The van der Waals surface area contributed by atoms with Crippen molar-refractivity contribution in [1.29, 1.82) is 0 Å². The maximum atomic E-state index is 6.10. The lowest BCUT2D eigenvalue weighted by molar-refractivity contribution is 0.0403. The molecule has 1 saturated heterocycles. The first-order valence-electron chi connectivity index (χ1n) is 8.00. The molecule has 3 aromatic carbocycles. The normalized spacial score (nSPS) is 18.7.